The first-order chi connectivity index (χ1) is 13.0. The van der Waals surface area contributed by atoms with E-state index in [0.717, 1.165) is 12.8 Å². The number of aromatic nitrogens is 3. The van der Waals surface area contributed by atoms with Crippen LogP contribution in [-0.4, -0.2) is 57.7 Å². The van der Waals surface area contributed by atoms with Gasteiger partial charge in [-0.05, 0) is 25.0 Å². The monoisotopic (exact) mass is 379 g/mol. The van der Waals surface area contributed by atoms with Gasteiger partial charge in [-0.15, -0.1) is 0 Å². The van der Waals surface area contributed by atoms with Gasteiger partial charge < -0.3 is 15.0 Å². The van der Waals surface area contributed by atoms with Crippen molar-refractivity contribution in [1.82, 2.24) is 25.0 Å². The van der Waals surface area contributed by atoms with E-state index in [2.05, 4.69) is 20.1 Å². The fourth-order valence-corrected chi connectivity index (χ4v) is 3.02. The predicted octanol–water partition coefficient (Wildman–Crippen LogP) is 1.47. The lowest BCUT2D eigenvalue weighted by atomic mass is 10.1. The Balaban J connectivity index is 1.57. The lowest BCUT2D eigenvalue weighted by molar-refractivity contribution is -0.131. The molecule has 1 aromatic heterocycles. The van der Waals surface area contributed by atoms with Crippen LogP contribution in [-0.2, 0) is 4.79 Å². The molecule has 1 atom stereocenters. The highest BCUT2D eigenvalue weighted by molar-refractivity contribution is 5.98. The van der Waals surface area contributed by atoms with Crippen molar-refractivity contribution in [1.29, 1.82) is 0 Å². The summed E-state index contributed by atoms with van der Waals surface area (Å²) < 4.78 is 31.0. The first kappa shape index (κ1) is 18.7. The van der Waals surface area contributed by atoms with Crippen molar-refractivity contribution in [3.63, 3.8) is 0 Å². The van der Waals surface area contributed by atoms with Gasteiger partial charge in [0.25, 0.3) is 5.91 Å². The highest BCUT2D eigenvalue weighted by atomic mass is 19.3. The highest BCUT2D eigenvalue weighted by Crippen LogP contribution is 2.21. The Hall–Kier alpha value is -3.04. The van der Waals surface area contributed by atoms with Gasteiger partial charge in [0.05, 0.1) is 18.2 Å². The standard InChI is InChI=1S/C17H19F2N5O3/c18-17(19)27-14-6-2-1-5-13(14)16(26)21-8-15(25)23-7-3-4-12(9-23)24-11-20-10-22-24/h1-2,5-6,10-12,17H,3-4,7-9H2,(H,21,26). The Bertz CT molecular complexity index is 785. The number of nitrogens with zero attached hydrogens (tertiary/aromatic N) is 4. The molecule has 8 nitrogen and oxygen atoms in total. The molecule has 0 spiro atoms. The molecule has 1 fully saturated rings. The minimum atomic E-state index is -3.04. The zero-order valence-electron chi connectivity index (χ0n) is 14.4. The fraction of sp³-hybridized carbons (Fsp3) is 0.412. The summed E-state index contributed by atoms with van der Waals surface area (Å²) in [5.74, 6) is -1.13. The van der Waals surface area contributed by atoms with Crippen LogP contribution >= 0.6 is 0 Å². The number of halogens is 2. The average Bonchev–Trinajstić information content (AvgIpc) is 3.21. The maximum absolute atomic E-state index is 12.4. The van der Waals surface area contributed by atoms with Crippen LogP contribution in [0.15, 0.2) is 36.9 Å². The number of likely N-dealkylation sites (tertiary alicyclic amines) is 1. The number of ether oxygens (including phenoxy) is 1. The van der Waals surface area contributed by atoms with E-state index < -0.39 is 12.5 Å². The van der Waals surface area contributed by atoms with E-state index in [0.29, 0.717) is 13.1 Å². The molecule has 3 rings (SSSR count). The van der Waals surface area contributed by atoms with E-state index in [9.17, 15) is 18.4 Å². The third-order valence-corrected chi connectivity index (χ3v) is 4.31. The van der Waals surface area contributed by atoms with Crippen molar-refractivity contribution in [3.8, 4) is 5.75 Å². The second-order valence-corrected chi connectivity index (χ2v) is 6.07. The van der Waals surface area contributed by atoms with Gasteiger partial charge in [-0.25, -0.2) is 9.67 Å². The smallest absolute Gasteiger partial charge is 0.387 e. The molecular formula is C17H19F2N5O3. The molecule has 10 heteroatoms. The van der Waals surface area contributed by atoms with Crippen LogP contribution in [0, 0.1) is 0 Å². The number of hydrogen-bond acceptors (Lipinski definition) is 5. The Morgan fingerprint density at radius 1 is 1.33 bits per heavy atom. The van der Waals surface area contributed by atoms with Gasteiger partial charge in [0.15, 0.2) is 0 Å². The van der Waals surface area contributed by atoms with Crippen molar-refractivity contribution in [2.45, 2.75) is 25.5 Å². The normalized spacial score (nSPS) is 17.0. The summed E-state index contributed by atoms with van der Waals surface area (Å²) in [5.41, 5.74) is -0.0512. The van der Waals surface area contributed by atoms with Crippen molar-refractivity contribution in [2.75, 3.05) is 19.6 Å². The van der Waals surface area contributed by atoms with Crippen LogP contribution in [0.2, 0.25) is 0 Å². The number of carbonyl (C=O) groups is 2. The van der Waals surface area contributed by atoms with E-state index >= 15 is 0 Å². The Morgan fingerprint density at radius 2 is 2.15 bits per heavy atom. The van der Waals surface area contributed by atoms with Gasteiger partial charge >= 0.3 is 6.61 Å². The van der Waals surface area contributed by atoms with Crippen LogP contribution in [0.4, 0.5) is 8.78 Å². The molecule has 27 heavy (non-hydrogen) atoms. The molecule has 0 aliphatic carbocycles. The Labute approximate surface area is 154 Å². The number of benzene rings is 1. The molecule has 2 heterocycles. The maximum atomic E-state index is 12.4. The molecule has 144 valence electrons. The van der Waals surface area contributed by atoms with E-state index in [4.69, 9.17) is 0 Å². The number of rotatable bonds is 6. The zero-order chi connectivity index (χ0) is 19.2. The fourth-order valence-electron chi connectivity index (χ4n) is 3.02. The lowest BCUT2D eigenvalue weighted by Crippen LogP contribution is -2.45. The summed E-state index contributed by atoms with van der Waals surface area (Å²) in [6.45, 7) is -2.21. The van der Waals surface area contributed by atoms with E-state index in [-0.39, 0.29) is 29.8 Å². The summed E-state index contributed by atoms with van der Waals surface area (Å²) in [4.78, 5) is 30.2. The number of amides is 2. The Kier molecular flexibility index (Phi) is 5.94. The molecule has 1 unspecified atom stereocenters. The predicted molar refractivity (Wildman–Crippen MR) is 90.3 cm³/mol. The number of para-hydroxylation sites is 1. The molecule has 2 amide bonds. The van der Waals surface area contributed by atoms with Crippen LogP contribution < -0.4 is 10.1 Å². The molecule has 2 aromatic rings. The van der Waals surface area contributed by atoms with Crippen molar-refractivity contribution in [2.24, 2.45) is 0 Å². The summed E-state index contributed by atoms with van der Waals surface area (Å²) in [6, 6.07) is 5.69. The first-order valence-corrected chi connectivity index (χ1v) is 8.48. The maximum Gasteiger partial charge on any atom is 0.387 e. The molecule has 1 aromatic carbocycles. The first-order valence-electron chi connectivity index (χ1n) is 8.48. The molecule has 1 saturated heterocycles. The zero-order valence-corrected chi connectivity index (χ0v) is 14.4. The summed E-state index contributed by atoms with van der Waals surface area (Å²) in [5, 5.41) is 6.57. The molecule has 0 radical (unpaired) electrons. The van der Waals surface area contributed by atoms with Crippen molar-refractivity contribution in [3.05, 3.63) is 42.5 Å². The van der Waals surface area contributed by atoms with Gasteiger partial charge in [-0.2, -0.15) is 13.9 Å². The second-order valence-electron chi connectivity index (χ2n) is 6.07. The number of nitrogens with one attached hydrogen (secondary N) is 1. The summed E-state index contributed by atoms with van der Waals surface area (Å²) in [6.07, 6.45) is 4.76. The van der Waals surface area contributed by atoms with Crippen LogP contribution in [0.5, 0.6) is 5.75 Å². The third kappa shape index (κ3) is 4.78. The van der Waals surface area contributed by atoms with E-state index in [1.807, 2.05) is 0 Å². The topological polar surface area (TPSA) is 89.4 Å². The number of alkyl halides is 2. The number of carbonyl (C=O) groups excluding carboxylic acids is 2. The minimum absolute atomic E-state index is 0.0427. The quantitative estimate of drug-likeness (QED) is 0.821. The third-order valence-electron chi connectivity index (χ3n) is 4.31. The molecule has 0 bridgehead atoms. The van der Waals surface area contributed by atoms with Gasteiger partial charge in [0.1, 0.15) is 18.4 Å². The summed E-state index contributed by atoms with van der Waals surface area (Å²) >= 11 is 0. The van der Waals surface area contributed by atoms with Crippen LogP contribution in [0.1, 0.15) is 29.2 Å². The molecular weight excluding hydrogens is 360 g/mol. The van der Waals surface area contributed by atoms with Crippen molar-refractivity contribution < 1.29 is 23.1 Å². The number of piperidine rings is 1. The highest BCUT2D eigenvalue weighted by Gasteiger charge is 2.25. The summed E-state index contributed by atoms with van der Waals surface area (Å²) in [7, 11) is 0. The van der Waals surface area contributed by atoms with Gasteiger partial charge in [-0.1, -0.05) is 12.1 Å². The molecule has 0 saturated carbocycles. The lowest BCUT2D eigenvalue weighted by Gasteiger charge is -2.32. The number of hydrogen-bond donors (Lipinski definition) is 1. The molecule has 1 aliphatic rings. The SMILES string of the molecule is O=C(NCC(=O)N1CCCC(n2cncn2)C1)c1ccccc1OC(F)F. The second kappa shape index (κ2) is 8.56. The van der Waals surface area contributed by atoms with Crippen molar-refractivity contribution >= 4 is 11.8 Å². The van der Waals surface area contributed by atoms with E-state index in [1.54, 1.807) is 15.9 Å². The van der Waals surface area contributed by atoms with Crippen LogP contribution in [0.25, 0.3) is 0 Å². The Morgan fingerprint density at radius 3 is 2.89 bits per heavy atom. The van der Waals surface area contributed by atoms with Gasteiger partial charge in [0, 0.05) is 13.1 Å². The van der Waals surface area contributed by atoms with Gasteiger partial charge in [-0.3, -0.25) is 9.59 Å². The molecule has 1 aliphatic heterocycles. The van der Waals surface area contributed by atoms with E-state index in [1.165, 1.54) is 30.6 Å². The minimum Gasteiger partial charge on any atom is -0.434 e. The largest absolute Gasteiger partial charge is 0.434 e. The van der Waals surface area contributed by atoms with Crippen LogP contribution in [0.3, 0.4) is 0 Å². The average molecular weight is 379 g/mol. The van der Waals surface area contributed by atoms with Gasteiger partial charge in [0.2, 0.25) is 5.91 Å². The molecule has 1 N–H and O–H groups in total.